The Morgan fingerprint density at radius 1 is 1.16 bits per heavy atom. The molecule has 1 aliphatic heterocycles. The number of hydrogen-bond acceptors (Lipinski definition) is 6. The fraction of sp³-hybridized carbons (Fsp3) is 0.737. The van der Waals surface area contributed by atoms with E-state index in [0.717, 1.165) is 64.5 Å². The first-order valence-corrected chi connectivity index (χ1v) is 9.68. The summed E-state index contributed by atoms with van der Waals surface area (Å²) in [5.41, 5.74) is 7.06. The number of rotatable bonds is 9. The van der Waals surface area contributed by atoms with Gasteiger partial charge in [0.2, 0.25) is 5.88 Å². The van der Waals surface area contributed by atoms with Crippen LogP contribution in [0.4, 0.5) is 11.5 Å². The van der Waals surface area contributed by atoms with Crippen LogP contribution < -0.4 is 15.4 Å². The number of nitrogen functional groups attached to an aromatic ring is 1. The monoisotopic (exact) mass is 352 g/mol. The number of hydrogen-bond donors (Lipinski definition) is 1. The molecule has 0 aliphatic carbocycles. The second-order valence-electron chi connectivity index (χ2n) is 5.88. The first kappa shape index (κ1) is 21.5. The SMILES string of the molecule is CC.CCCN(CCC)c1cc(N)nc(OCCN2CCOCC2)c1. The summed E-state index contributed by atoms with van der Waals surface area (Å²) >= 11 is 0. The van der Waals surface area contributed by atoms with Crippen LogP contribution in [0.1, 0.15) is 40.5 Å². The summed E-state index contributed by atoms with van der Waals surface area (Å²) in [5.74, 6) is 1.13. The molecule has 25 heavy (non-hydrogen) atoms. The van der Waals surface area contributed by atoms with Crippen LogP contribution in [0.25, 0.3) is 0 Å². The predicted octanol–water partition coefficient (Wildman–Crippen LogP) is 3.03. The lowest BCUT2D eigenvalue weighted by Crippen LogP contribution is -2.38. The fourth-order valence-electron chi connectivity index (χ4n) is 2.78. The molecule has 1 saturated heterocycles. The molecule has 2 N–H and O–H groups in total. The molecule has 1 fully saturated rings. The lowest BCUT2D eigenvalue weighted by atomic mass is 10.3. The van der Waals surface area contributed by atoms with Crippen LogP contribution >= 0.6 is 0 Å². The lowest BCUT2D eigenvalue weighted by molar-refractivity contribution is 0.0320. The summed E-state index contributed by atoms with van der Waals surface area (Å²) in [6.45, 7) is 15.5. The third-order valence-corrected chi connectivity index (χ3v) is 3.92. The Morgan fingerprint density at radius 3 is 2.40 bits per heavy atom. The molecule has 2 rings (SSSR count). The topological polar surface area (TPSA) is 63.8 Å². The summed E-state index contributed by atoms with van der Waals surface area (Å²) in [5, 5.41) is 0. The van der Waals surface area contributed by atoms with Gasteiger partial charge in [0.15, 0.2) is 0 Å². The summed E-state index contributed by atoms with van der Waals surface area (Å²) in [6.07, 6.45) is 2.21. The average molecular weight is 353 g/mol. The van der Waals surface area contributed by atoms with Crippen LogP contribution in [0.15, 0.2) is 12.1 Å². The molecular formula is C19H36N4O2. The highest BCUT2D eigenvalue weighted by atomic mass is 16.5. The molecule has 144 valence electrons. The third-order valence-electron chi connectivity index (χ3n) is 3.92. The molecule has 0 radical (unpaired) electrons. The van der Waals surface area contributed by atoms with Gasteiger partial charge in [-0.05, 0) is 12.8 Å². The first-order valence-electron chi connectivity index (χ1n) is 9.68. The van der Waals surface area contributed by atoms with Gasteiger partial charge in [-0.3, -0.25) is 4.90 Å². The van der Waals surface area contributed by atoms with Crippen molar-refractivity contribution in [2.45, 2.75) is 40.5 Å². The van der Waals surface area contributed by atoms with Gasteiger partial charge >= 0.3 is 0 Å². The number of anilines is 2. The van der Waals surface area contributed by atoms with Crippen LogP contribution in [0, 0.1) is 0 Å². The maximum absolute atomic E-state index is 5.96. The van der Waals surface area contributed by atoms with Gasteiger partial charge in [-0.2, -0.15) is 4.98 Å². The summed E-state index contributed by atoms with van der Waals surface area (Å²) < 4.78 is 11.2. The molecule has 1 aromatic heterocycles. The van der Waals surface area contributed by atoms with Crippen molar-refractivity contribution in [1.82, 2.24) is 9.88 Å². The molecule has 0 aromatic carbocycles. The normalized spacial score (nSPS) is 14.6. The number of ether oxygens (including phenoxy) is 2. The van der Waals surface area contributed by atoms with E-state index < -0.39 is 0 Å². The Bertz CT molecular complexity index is 459. The van der Waals surface area contributed by atoms with Crippen molar-refractivity contribution in [3.8, 4) is 5.88 Å². The van der Waals surface area contributed by atoms with E-state index in [2.05, 4.69) is 28.6 Å². The Labute approximate surface area is 153 Å². The average Bonchev–Trinajstić information content (AvgIpc) is 2.64. The molecule has 0 atom stereocenters. The lowest BCUT2D eigenvalue weighted by Gasteiger charge is -2.26. The van der Waals surface area contributed by atoms with Gasteiger partial charge in [-0.25, -0.2) is 0 Å². The third kappa shape index (κ3) is 7.92. The van der Waals surface area contributed by atoms with E-state index >= 15 is 0 Å². The zero-order valence-corrected chi connectivity index (χ0v) is 16.5. The number of nitrogens with two attached hydrogens (primary N) is 1. The minimum atomic E-state index is 0.515. The standard InChI is InChI=1S/C17H30N4O2.C2H6/c1-3-5-21(6-4-2)15-13-16(18)19-17(14-15)23-12-9-20-7-10-22-11-8-20;1-2/h13-14H,3-12H2,1-2H3,(H2,18,19);1-2H3. The molecule has 1 aliphatic rings. The van der Waals surface area contributed by atoms with Crippen molar-refractivity contribution < 1.29 is 9.47 Å². The number of aromatic nitrogens is 1. The minimum Gasteiger partial charge on any atom is -0.476 e. The molecule has 0 unspecified atom stereocenters. The van der Waals surface area contributed by atoms with Gasteiger partial charge in [0.25, 0.3) is 0 Å². The van der Waals surface area contributed by atoms with E-state index in [1.807, 2.05) is 26.0 Å². The van der Waals surface area contributed by atoms with E-state index in [-0.39, 0.29) is 0 Å². The highest BCUT2D eigenvalue weighted by Crippen LogP contribution is 2.23. The van der Waals surface area contributed by atoms with Gasteiger partial charge in [-0.15, -0.1) is 0 Å². The largest absolute Gasteiger partial charge is 0.476 e. The highest BCUT2D eigenvalue weighted by Gasteiger charge is 2.11. The maximum Gasteiger partial charge on any atom is 0.217 e. The van der Waals surface area contributed by atoms with Gasteiger partial charge in [-0.1, -0.05) is 27.7 Å². The Hall–Kier alpha value is -1.53. The number of pyridine rings is 1. The van der Waals surface area contributed by atoms with Gasteiger partial charge < -0.3 is 20.1 Å². The molecule has 0 spiro atoms. The smallest absolute Gasteiger partial charge is 0.217 e. The zero-order valence-electron chi connectivity index (χ0n) is 16.5. The van der Waals surface area contributed by atoms with E-state index in [4.69, 9.17) is 15.2 Å². The van der Waals surface area contributed by atoms with Crippen LogP contribution in [0.2, 0.25) is 0 Å². The fourth-order valence-corrected chi connectivity index (χ4v) is 2.78. The first-order chi connectivity index (χ1) is 12.2. The molecule has 6 nitrogen and oxygen atoms in total. The number of morpholine rings is 1. The molecule has 2 heterocycles. The van der Waals surface area contributed by atoms with Crippen molar-refractivity contribution >= 4 is 11.5 Å². The van der Waals surface area contributed by atoms with E-state index in [9.17, 15) is 0 Å². The molecule has 0 amide bonds. The number of nitrogens with zero attached hydrogens (tertiary/aromatic N) is 3. The van der Waals surface area contributed by atoms with Gasteiger partial charge in [0, 0.05) is 50.5 Å². The second-order valence-corrected chi connectivity index (χ2v) is 5.88. The highest BCUT2D eigenvalue weighted by molar-refractivity contribution is 5.55. The van der Waals surface area contributed by atoms with Crippen LogP contribution in [0.3, 0.4) is 0 Å². The van der Waals surface area contributed by atoms with Crippen LogP contribution in [-0.4, -0.2) is 62.4 Å². The molecular weight excluding hydrogens is 316 g/mol. The molecule has 0 bridgehead atoms. The van der Waals surface area contributed by atoms with Gasteiger partial charge in [0.05, 0.1) is 13.2 Å². The molecule has 0 saturated carbocycles. The summed E-state index contributed by atoms with van der Waals surface area (Å²) in [7, 11) is 0. The van der Waals surface area contributed by atoms with Crippen LogP contribution in [0.5, 0.6) is 5.88 Å². The zero-order chi connectivity index (χ0) is 18.5. The maximum atomic E-state index is 5.96. The second kappa shape index (κ2) is 12.8. The Kier molecular flexibility index (Phi) is 11.0. The predicted molar refractivity (Wildman–Crippen MR) is 106 cm³/mol. The summed E-state index contributed by atoms with van der Waals surface area (Å²) in [6, 6.07) is 3.93. The van der Waals surface area contributed by atoms with Crippen LogP contribution in [-0.2, 0) is 4.74 Å². The van der Waals surface area contributed by atoms with E-state index in [1.165, 1.54) is 0 Å². The minimum absolute atomic E-state index is 0.515. The van der Waals surface area contributed by atoms with Crippen molar-refractivity contribution in [2.24, 2.45) is 0 Å². The Balaban J connectivity index is 0.00000151. The van der Waals surface area contributed by atoms with Crippen molar-refractivity contribution in [2.75, 3.05) is 63.2 Å². The van der Waals surface area contributed by atoms with Crippen molar-refractivity contribution in [1.29, 1.82) is 0 Å². The van der Waals surface area contributed by atoms with E-state index in [0.29, 0.717) is 18.3 Å². The quantitative estimate of drug-likeness (QED) is 0.737. The summed E-state index contributed by atoms with van der Waals surface area (Å²) in [4.78, 5) is 8.99. The molecule has 1 aromatic rings. The molecule has 6 heteroatoms. The van der Waals surface area contributed by atoms with Gasteiger partial charge in [0.1, 0.15) is 12.4 Å². The van der Waals surface area contributed by atoms with E-state index in [1.54, 1.807) is 0 Å². The Morgan fingerprint density at radius 2 is 1.80 bits per heavy atom. The van der Waals surface area contributed by atoms with Crippen molar-refractivity contribution in [3.05, 3.63) is 12.1 Å². The van der Waals surface area contributed by atoms with Crippen molar-refractivity contribution in [3.63, 3.8) is 0 Å².